The van der Waals surface area contributed by atoms with Crippen molar-refractivity contribution in [3.8, 4) is 5.75 Å². The van der Waals surface area contributed by atoms with Crippen LogP contribution in [0.2, 0.25) is 0 Å². The first-order chi connectivity index (χ1) is 15.0. The van der Waals surface area contributed by atoms with Gasteiger partial charge < -0.3 is 15.2 Å². The van der Waals surface area contributed by atoms with Crippen molar-refractivity contribution >= 4 is 23.6 Å². The number of amides is 1. The first-order valence-electron chi connectivity index (χ1n) is 11.0. The molecule has 1 unspecified atom stereocenters. The number of fused-ring (bicyclic) bond motifs is 3. The SMILES string of the molecule is Cc1cc(/C=C/C(=O)Nc2ccccc2C(=O)O)ccc1OCC1CC2CCC1CC2. The Hall–Kier alpha value is -3.08. The van der Waals surface area contributed by atoms with E-state index in [9.17, 15) is 14.7 Å². The fourth-order valence-corrected chi connectivity index (χ4v) is 4.98. The fraction of sp³-hybridized carbons (Fsp3) is 0.385. The van der Waals surface area contributed by atoms with Gasteiger partial charge in [-0.15, -0.1) is 0 Å². The lowest BCUT2D eigenvalue weighted by Gasteiger charge is -2.42. The maximum absolute atomic E-state index is 12.2. The molecule has 5 nitrogen and oxygen atoms in total. The van der Waals surface area contributed by atoms with Crippen molar-refractivity contribution in [3.05, 3.63) is 65.2 Å². The van der Waals surface area contributed by atoms with E-state index in [1.54, 1.807) is 24.3 Å². The van der Waals surface area contributed by atoms with Crippen LogP contribution in [0.4, 0.5) is 5.69 Å². The lowest BCUT2D eigenvalue weighted by atomic mass is 9.65. The topological polar surface area (TPSA) is 75.6 Å². The summed E-state index contributed by atoms with van der Waals surface area (Å²) >= 11 is 0. The Morgan fingerprint density at radius 1 is 1.13 bits per heavy atom. The minimum atomic E-state index is -1.08. The van der Waals surface area contributed by atoms with E-state index in [1.807, 2.05) is 25.1 Å². The number of carbonyl (C=O) groups excluding carboxylic acids is 1. The third-order valence-corrected chi connectivity index (χ3v) is 6.69. The molecule has 31 heavy (non-hydrogen) atoms. The molecule has 3 aliphatic rings. The zero-order valence-electron chi connectivity index (χ0n) is 17.8. The van der Waals surface area contributed by atoms with E-state index in [0.29, 0.717) is 5.92 Å². The molecule has 3 fully saturated rings. The number of aryl methyl sites for hydroxylation is 1. The van der Waals surface area contributed by atoms with Gasteiger partial charge in [-0.1, -0.05) is 31.0 Å². The Balaban J connectivity index is 1.34. The summed E-state index contributed by atoms with van der Waals surface area (Å²) in [6, 6.07) is 12.2. The van der Waals surface area contributed by atoms with E-state index in [-0.39, 0.29) is 17.2 Å². The van der Waals surface area contributed by atoms with Crippen molar-refractivity contribution in [2.24, 2.45) is 17.8 Å². The molecule has 0 spiro atoms. The van der Waals surface area contributed by atoms with Gasteiger partial charge in [-0.05, 0) is 85.4 Å². The number of ether oxygens (including phenoxy) is 1. The van der Waals surface area contributed by atoms with Crippen molar-refractivity contribution in [1.82, 2.24) is 0 Å². The number of rotatable bonds is 7. The molecule has 5 heteroatoms. The number of benzene rings is 2. The minimum absolute atomic E-state index is 0.0628. The molecular weight excluding hydrogens is 390 g/mol. The highest BCUT2D eigenvalue weighted by Crippen LogP contribution is 2.45. The molecule has 5 rings (SSSR count). The number of carboxylic acids is 1. The fourth-order valence-electron chi connectivity index (χ4n) is 4.98. The normalized spacial score (nSPS) is 22.4. The number of hydrogen-bond donors (Lipinski definition) is 2. The predicted molar refractivity (Wildman–Crippen MR) is 121 cm³/mol. The van der Waals surface area contributed by atoms with E-state index >= 15 is 0 Å². The second-order valence-corrected chi connectivity index (χ2v) is 8.79. The average molecular weight is 420 g/mol. The van der Waals surface area contributed by atoms with Crippen molar-refractivity contribution in [2.45, 2.75) is 39.0 Å². The van der Waals surface area contributed by atoms with Gasteiger partial charge in [0.1, 0.15) is 5.75 Å². The standard InChI is InChI=1S/C26H29NO4/c1-17-14-18(9-13-25(28)27-23-5-3-2-4-22(23)26(29)30)8-12-24(17)31-16-21-15-19-6-10-20(21)11-7-19/h2-5,8-9,12-14,19-21H,6-7,10-11,15-16H2,1H3,(H,27,28)(H,29,30)/b13-9+. The number of hydrogen-bond acceptors (Lipinski definition) is 3. The Labute approximate surface area is 183 Å². The maximum Gasteiger partial charge on any atom is 0.337 e. The van der Waals surface area contributed by atoms with Crippen molar-refractivity contribution < 1.29 is 19.4 Å². The summed E-state index contributed by atoms with van der Waals surface area (Å²) in [7, 11) is 0. The van der Waals surface area contributed by atoms with Crippen LogP contribution in [0.5, 0.6) is 5.75 Å². The number of anilines is 1. The number of aromatic carboxylic acids is 1. The minimum Gasteiger partial charge on any atom is -0.493 e. The van der Waals surface area contributed by atoms with Crippen LogP contribution in [0.1, 0.15) is 53.6 Å². The Bertz CT molecular complexity index is 989. The first kappa shape index (κ1) is 21.2. The third-order valence-electron chi connectivity index (χ3n) is 6.69. The number of nitrogens with one attached hydrogen (secondary N) is 1. The summed E-state index contributed by atoms with van der Waals surface area (Å²) < 4.78 is 6.17. The molecule has 0 radical (unpaired) electrons. The second kappa shape index (κ2) is 9.38. The molecule has 2 aromatic rings. The highest BCUT2D eigenvalue weighted by atomic mass is 16.5. The van der Waals surface area contributed by atoms with Gasteiger partial charge in [0.15, 0.2) is 0 Å². The van der Waals surface area contributed by atoms with Crippen LogP contribution in [0.15, 0.2) is 48.5 Å². The molecule has 0 saturated heterocycles. The van der Waals surface area contributed by atoms with E-state index < -0.39 is 5.97 Å². The summed E-state index contributed by atoms with van der Waals surface area (Å²) in [5.74, 6) is 1.87. The van der Waals surface area contributed by atoms with Gasteiger partial charge >= 0.3 is 5.97 Å². The van der Waals surface area contributed by atoms with Crippen LogP contribution in [0.25, 0.3) is 6.08 Å². The van der Waals surface area contributed by atoms with Crippen molar-refractivity contribution in [1.29, 1.82) is 0 Å². The van der Waals surface area contributed by atoms with Crippen LogP contribution in [0.3, 0.4) is 0 Å². The molecular formula is C26H29NO4. The monoisotopic (exact) mass is 419 g/mol. The second-order valence-electron chi connectivity index (χ2n) is 8.79. The smallest absolute Gasteiger partial charge is 0.337 e. The van der Waals surface area contributed by atoms with Gasteiger partial charge in [-0.25, -0.2) is 4.79 Å². The van der Waals surface area contributed by atoms with E-state index in [0.717, 1.165) is 35.3 Å². The Morgan fingerprint density at radius 2 is 1.90 bits per heavy atom. The molecule has 0 aliphatic heterocycles. The van der Waals surface area contributed by atoms with Gasteiger partial charge in [0, 0.05) is 6.08 Å². The van der Waals surface area contributed by atoms with E-state index in [2.05, 4.69) is 5.32 Å². The number of para-hydroxylation sites is 1. The summed E-state index contributed by atoms with van der Waals surface area (Å²) in [6.07, 6.45) is 9.96. The van der Waals surface area contributed by atoms with Crippen molar-refractivity contribution in [2.75, 3.05) is 11.9 Å². The van der Waals surface area contributed by atoms with Crippen LogP contribution >= 0.6 is 0 Å². The highest BCUT2D eigenvalue weighted by molar-refractivity contribution is 6.06. The Morgan fingerprint density at radius 3 is 2.58 bits per heavy atom. The summed E-state index contributed by atoms with van der Waals surface area (Å²) in [5, 5.41) is 11.8. The van der Waals surface area contributed by atoms with Crippen LogP contribution in [-0.2, 0) is 4.79 Å². The zero-order valence-corrected chi connectivity index (χ0v) is 17.8. The quantitative estimate of drug-likeness (QED) is 0.577. The summed E-state index contributed by atoms with van der Waals surface area (Å²) in [4.78, 5) is 23.5. The van der Waals surface area contributed by atoms with Crippen molar-refractivity contribution in [3.63, 3.8) is 0 Å². The number of carbonyl (C=O) groups is 2. The third kappa shape index (κ3) is 5.16. The molecule has 0 aromatic heterocycles. The van der Waals surface area contributed by atoms with Crippen LogP contribution in [-0.4, -0.2) is 23.6 Å². The summed E-state index contributed by atoms with van der Waals surface area (Å²) in [6.45, 7) is 2.81. The molecule has 0 heterocycles. The highest BCUT2D eigenvalue weighted by Gasteiger charge is 2.35. The van der Waals surface area contributed by atoms with Crippen LogP contribution < -0.4 is 10.1 Å². The number of carboxylic acid groups (broad SMARTS) is 1. The molecule has 3 aliphatic carbocycles. The molecule has 3 saturated carbocycles. The van der Waals surface area contributed by atoms with Gasteiger partial charge in [0.2, 0.25) is 5.91 Å². The zero-order chi connectivity index (χ0) is 21.8. The Kier molecular flexibility index (Phi) is 6.40. The van der Waals surface area contributed by atoms with E-state index in [1.165, 1.54) is 44.2 Å². The predicted octanol–water partition coefficient (Wildman–Crippen LogP) is 5.55. The summed E-state index contributed by atoms with van der Waals surface area (Å²) in [5.41, 5.74) is 2.27. The van der Waals surface area contributed by atoms with Gasteiger partial charge in [-0.3, -0.25) is 4.79 Å². The molecule has 2 bridgehead atoms. The van der Waals surface area contributed by atoms with E-state index in [4.69, 9.17) is 4.74 Å². The van der Waals surface area contributed by atoms with Gasteiger partial charge in [0.25, 0.3) is 0 Å². The average Bonchev–Trinajstić information content (AvgIpc) is 2.78. The largest absolute Gasteiger partial charge is 0.493 e. The maximum atomic E-state index is 12.2. The lowest BCUT2D eigenvalue weighted by Crippen LogP contribution is -2.34. The molecule has 162 valence electrons. The molecule has 1 atom stereocenters. The van der Waals surface area contributed by atoms with Crippen LogP contribution in [0, 0.1) is 24.7 Å². The van der Waals surface area contributed by atoms with Gasteiger partial charge in [0.05, 0.1) is 17.9 Å². The first-order valence-corrected chi connectivity index (χ1v) is 11.0. The van der Waals surface area contributed by atoms with Gasteiger partial charge in [-0.2, -0.15) is 0 Å². The molecule has 2 aromatic carbocycles. The molecule has 2 N–H and O–H groups in total. The molecule has 1 amide bonds. The lowest BCUT2D eigenvalue weighted by molar-refractivity contribution is -0.111.